The van der Waals surface area contributed by atoms with E-state index in [1.54, 1.807) is 6.92 Å². The third-order valence-corrected chi connectivity index (χ3v) is 3.21. The quantitative estimate of drug-likeness (QED) is 0.456. The second-order valence-electron chi connectivity index (χ2n) is 3.89. The first-order chi connectivity index (χ1) is 8.93. The monoisotopic (exact) mass is 333 g/mol. The summed E-state index contributed by atoms with van der Waals surface area (Å²) < 4.78 is 18.5. The maximum Gasteiger partial charge on any atom is 0.306 e. The van der Waals surface area contributed by atoms with Crippen molar-refractivity contribution in [2.45, 2.75) is 19.3 Å². The highest BCUT2D eigenvalue weighted by Gasteiger charge is 2.24. The van der Waals surface area contributed by atoms with Crippen molar-refractivity contribution in [3.63, 3.8) is 0 Å². The number of carbonyl (C=O) groups excluding carboxylic acids is 1. The molecule has 1 atom stereocenters. The Bertz CT molecular complexity index is 481. The highest BCUT2D eigenvalue weighted by atomic mass is 79.9. The molecule has 0 saturated carbocycles. The molecule has 19 heavy (non-hydrogen) atoms. The zero-order valence-electron chi connectivity index (χ0n) is 10.3. The van der Waals surface area contributed by atoms with Gasteiger partial charge in [0.2, 0.25) is 6.54 Å². The van der Waals surface area contributed by atoms with Crippen molar-refractivity contribution in [1.82, 2.24) is 0 Å². The highest BCUT2D eigenvalue weighted by Crippen LogP contribution is 2.29. The van der Waals surface area contributed by atoms with Gasteiger partial charge in [0, 0.05) is 9.40 Å². The topological polar surface area (TPSA) is 69.4 Å². The number of halogens is 2. The van der Waals surface area contributed by atoms with Gasteiger partial charge in [0.25, 0.3) is 0 Å². The van der Waals surface area contributed by atoms with Crippen LogP contribution in [0.5, 0.6) is 0 Å². The van der Waals surface area contributed by atoms with Gasteiger partial charge in [0.1, 0.15) is 5.82 Å². The molecule has 0 amide bonds. The number of nitrogens with zero attached hydrogens (tertiary/aromatic N) is 1. The molecule has 1 unspecified atom stereocenters. The van der Waals surface area contributed by atoms with Gasteiger partial charge in [0.05, 0.1) is 18.9 Å². The van der Waals surface area contributed by atoms with Crippen molar-refractivity contribution in [2.24, 2.45) is 0 Å². The van der Waals surface area contributed by atoms with Gasteiger partial charge in [-0.25, -0.2) is 4.39 Å². The summed E-state index contributed by atoms with van der Waals surface area (Å²) >= 11 is 3.21. The molecule has 104 valence electrons. The Morgan fingerprint density at radius 1 is 1.58 bits per heavy atom. The van der Waals surface area contributed by atoms with Crippen LogP contribution in [0.1, 0.15) is 24.8 Å². The van der Waals surface area contributed by atoms with Crippen LogP contribution >= 0.6 is 15.9 Å². The Hall–Kier alpha value is -1.50. The Morgan fingerprint density at radius 2 is 2.26 bits per heavy atom. The van der Waals surface area contributed by atoms with E-state index in [0.29, 0.717) is 10.0 Å². The average molecular weight is 334 g/mol. The van der Waals surface area contributed by atoms with Crippen molar-refractivity contribution >= 4 is 21.9 Å². The van der Waals surface area contributed by atoms with Crippen LogP contribution in [0.25, 0.3) is 0 Å². The van der Waals surface area contributed by atoms with E-state index < -0.39 is 29.2 Å². The first-order valence-electron chi connectivity index (χ1n) is 5.66. The molecule has 7 heteroatoms. The van der Waals surface area contributed by atoms with E-state index >= 15 is 0 Å². The standard InChI is InChI=1S/C12H13BrFNO4/c1-2-19-12(16)5-8(7-15(17)18)10-6-9(14)3-4-11(10)13/h3-4,6,8H,2,5,7H2,1H3. The molecule has 0 radical (unpaired) electrons. The summed E-state index contributed by atoms with van der Waals surface area (Å²) in [4.78, 5) is 21.6. The molecule has 0 fully saturated rings. The minimum atomic E-state index is -0.723. The molecule has 0 spiro atoms. The van der Waals surface area contributed by atoms with Crippen LogP contribution in [-0.4, -0.2) is 24.0 Å². The lowest BCUT2D eigenvalue weighted by Gasteiger charge is -2.14. The van der Waals surface area contributed by atoms with Gasteiger partial charge in [-0.15, -0.1) is 0 Å². The number of ether oxygens (including phenoxy) is 1. The van der Waals surface area contributed by atoms with E-state index in [1.807, 2.05) is 0 Å². The Balaban J connectivity index is 2.98. The molecule has 0 N–H and O–H groups in total. The molecule has 0 aliphatic rings. The van der Waals surface area contributed by atoms with Crippen LogP contribution in [-0.2, 0) is 9.53 Å². The number of carbonyl (C=O) groups is 1. The Labute approximate surface area is 118 Å². The maximum atomic E-state index is 13.2. The average Bonchev–Trinajstić information content (AvgIpc) is 2.31. The van der Waals surface area contributed by atoms with Crippen LogP contribution in [0.2, 0.25) is 0 Å². The molecular weight excluding hydrogens is 321 g/mol. The van der Waals surface area contributed by atoms with Gasteiger partial charge in [-0.1, -0.05) is 15.9 Å². The minimum absolute atomic E-state index is 0.156. The van der Waals surface area contributed by atoms with Crippen molar-refractivity contribution in [2.75, 3.05) is 13.2 Å². The molecule has 0 aromatic heterocycles. The smallest absolute Gasteiger partial charge is 0.306 e. The summed E-state index contributed by atoms with van der Waals surface area (Å²) in [5.41, 5.74) is 0.393. The van der Waals surface area contributed by atoms with Crippen molar-refractivity contribution in [3.05, 3.63) is 44.2 Å². The summed E-state index contributed by atoms with van der Waals surface area (Å²) in [6.45, 7) is 1.40. The Kier molecular flexibility index (Phi) is 5.88. The summed E-state index contributed by atoms with van der Waals surface area (Å²) in [5.74, 6) is -1.76. The predicted molar refractivity (Wildman–Crippen MR) is 70.0 cm³/mol. The highest BCUT2D eigenvalue weighted by molar-refractivity contribution is 9.10. The molecular formula is C12H13BrFNO4. The lowest BCUT2D eigenvalue weighted by atomic mass is 9.95. The molecule has 0 saturated heterocycles. The van der Waals surface area contributed by atoms with Crippen LogP contribution in [0.15, 0.2) is 22.7 Å². The fourth-order valence-electron chi connectivity index (χ4n) is 1.70. The molecule has 0 bridgehead atoms. The van der Waals surface area contributed by atoms with Crippen molar-refractivity contribution in [3.8, 4) is 0 Å². The summed E-state index contributed by atoms with van der Waals surface area (Å²) in [7, 11) is 0. The van der Waals surface area contributed by atoms with E-state index in [4.69, 9.17) is 4.74 Å². The third-order valence-electron chi connectivity index (χ3n) is 2.49. The van der Waals surface area contributed by atoms with E-state index in [9.17, 15) is 19.3 Å². The largest absolute Gasteiger partial charge is 0.466 e. The van der Waals surface area contributed by atoms with E-state index in [1.165, 1.54) is 18.2 Å². The number of esters is 1. The number of hydrogen-bond donors (Lipinski definition) is 0. The molecule has 0 heterocycles. The molecule has 0 aliphatic carbocycles. The predicted octanol–water partition coefficient (Wildman–Crippen LogP) is 2.90. The lowest BCUT2D eigenvalue weighted by molar-refractivity contribution is -0.483. The lowest BCUT2D eigenvalue weighted by Crippen LogP contribution is -2.18. The van der Waals surface area contributed by atoms with Gasteiger partial charge in [0.15, 0.2) is 0 Å². The number of benzene rings is 1. The van der Waals surface area contributed by atoms with Crippen LogP contribution in [0, 0.1) is 15.9 Å². The summed E-state index contributed by atoms with van der Waals surface area (Å²) in [6, 6.07) is 3.89. The molecule has 1 aromatic carbocycles. The van der Waals surface area contributed by atoms with E-state index in [0.717, 1.165) is 0 Å². The van der Waals surface area contributed by atoms with Gasteiger partial charge in [-0.3, -0.25) is 14.9 Å². The van der Waals surface area contributed by atoms with Crippen LogP contribution < -0.4 is 0 Å². The van der Waals surface area contributed by atoms with Gasteiger partial charge in [-0.2, -0.15) is 0 Å². The number of hydrogen-bond acceptors (Lipinski definition) is 4. The first kappa shape index (κ1) is 15.6. The van der Waals surface area contributed by atoms with Crippen molar-refractivity contribution < 1.29 is 18.8 Å². The van der Waals surface area contributed by atoms with Gasteiger partial charge < -0.3 is 4.74 Å². The molecule has 1 rings (SSSR count). The number of rotatable bonds is 6. The molecule has 5 nitrogen and oxygen atoms in total. The summed E-state index contributed by atoms with van der Waals surface area (Å²) in [5, 5.41) is 10.7. The van der Waals surface area contributed by atoms with E-state index in [2.05, 4.69) is 15.9 Å². The van der Waals surface area contributed by atoms with E-state index in [-0.39, 0.29) is 13.0 Å². The van der Waals surface area contributed by atoms with Crippen LogP contribution in [0.3, 0.4) is 0 Å². The van der Waals surface area contributed by atoms with Crippen LogP contribution in [0.4, 0.5) is 4.39 Å². The summed E-state index contributed by atoms with van der Waals surface area (Å²) in [6.07, 6.45) is -0.156. The fourth-order valence-corrected chi connectivity index (χ4v) is 2.27. The molecule has 1 aromatic rings. The molecule has 0 aliphatic heterocycles. The third kappa shape index (κ3) is 4.94. The SMILES string of the molecule is CCOC(=O)CC(C[N+](=O)[O-])c1cc(F)ccc1Br. The zero-order valence-corrected chi connectivity index (χ0v) is 11.9. The van der Waals surface area contributed by atoms with Gasteiger partial charge in [-0.05, 0) is 30.7 Å². The maximum absolute atomic E-state index is 13.2. The van der Waals surface area contributed by atoms with Gasteiger partial charge >= 0.3 is 5.97 Å². The second kappa shape index (κ2) is 7.18. The fraction of sp³-hybridized carbons (Fsp3) is 0.417. The Morgan fingerprint density at radius 3 is 2.84 bits per heavy atom. The van der Waals surface area contributed by atoms with Crippen molar-refractivity contribution in [1.29, 1.82) is 0 Å². The zero-order chi connectivity index (χ0) is 14.4. The minimum Gasteiger partial charge on any atom is -0.466 e. The number of nitro groups is 1. The normalized spacial score (nSPS) is 11.9. The second-order valence-corrected chi connectivity index (χ2v) is 4.74. The first-order valence-corrected chi connectivity index (χ1v) is 6.45.